The van der Waals surface area contributed by atoms with Gasteiger partial charge < -0.3 is 5.32 Å². The third-order valence-corrected chi connectivity index (χ3v) is 2.50. The summed E-state index contributed by atoms with van der Waals surface area (Å²) in [6, 6.07) is 6.08. The van der Waals surface area contributed by atoms with Gasteiger partial charge in [0.25, 0.3) is 0 Å². The smallest absolute Gasteiger partial charge is 0.131 e. The molecule has 0 aliphatic carbocycles. The minimum atomic E-state index is 0.443. The highest BCUT2D eigenvalue weighted by molar-refractivity contribution is 6.29. The van der Waals surface area contributed by atoms with Gasteiger partial charge in [-0.25, -0.2) is 4.98 Å². The van der Waals surface area contributed by atoms with Gasteiger partial charge in [-0.2, -0.15) is 0 Å². The lowest BCUT2D eigenvalue weighted by atomic mass is 10.0. The van der Waals surface area contributed by atoms with Crippen LogP contribution in [-0.2, 0) is 0 Å². The first-order valence-electron chi connectivity index (χ1n) is 5.47. The van der Waals surface area contributed by atoms with E-state index in [1.807, 2.05) is 12.1 Å². The number of anilines is 1. The number of aromatic nitrogens is 1. The first-order valence-corrected chi connectivity index (χ1v) is 5.85. The van der Waals surface area contributed by atoms with Crippen LogP contribution in [0.5, 0.6) is 0 Å². The number of nitrogens with zero attached hydrogens (tertiary/aromatic N) is 1. The van der Waals surface area contributed by atoms with E-state index in [9.17, 15) is 0 Å². The van der Waals surface area contributed by atoms with Crippen molar-refractivity contribution >= 4 is 17.4 Å². The summed E-state index contributed by atoms with van der Waals surface area (Å²) < 4.78 is 0. The Morgan fingerprint density at radius 3 is 2.60 bits per heavy atom. The van der Waals surface area contributed by atoms with Crippen LogP contribution in [-0.4, -0.2) is 11.0 Å². The van der Waals surface area contributed by atoms with E-state index in [0.29, 0.717) is 11.2 Å². The Labute approximate surface area is 97.1 Å². The molecule has 2 nitrogen and oxygen atoms in total. The molecule has 0 fully saturated rings. The van der Waals surface area contributed by atoms with Crippen molar-refractivity contribution in [2.45, 2.75) is 39.7 Å². The van der Waals surface area contributed by atoms with Gasteiger partial charge in [0.15, 0.2) is 0 Å². The van der Waals surface area contributed by atoms with Gasteiger partial charge in [-0.15, -0.1) is 0 Å². The van der Waals surface area contributed by atoms with Crippen LogP contribution in [0.25, 0.3) is 0 Å². The van der Waals surface area contributed by atoms with Crippen LogP contribution in [0, 0.1) is 5.92 Å². The zero-order valence-electron chi connectivity index (χ0n) is 9.63. The molecule has 0 radical (unpaired) electrons. The van der Waals surface area contributed by atoms with Crippen LogP contribution in [0.1, 0.15) is 33.6 Å². The summed E-state index contributed by atoms with van der Waals surface area (Å²) >= 11 is 5.80. The van der Waals surface area contributed by atoms with Gasteiger partial charge in [-0.3, -0.25) is 0 Å². The average Bonchev–Trinajstić information content (AvgIpc) is 2.15. The van der Waals surface area contributed by atoms with Crippen LogP contribution in [0.15, 0.2) is 18.2 Å². The zero-order chi connectivity index (χ0) is 11.3. The number of halogens is 1. The summed E-state index contributed by atoms with van der Waals surface area (Å²) in [7, 11) is 0. The molecule has 0 amide bonds. The fraction of sp³-hybridized carbons (Fsp3) is 0.583. The third kappa shape index (κ3) is 5.03. The van der Waals surface area contributed by atoms with Crippen molar-refractivity contribution in [3.8, 4) is 0 Å². The Kier molecular flexibility index (Phi) is 4.89. The molecule has 1 aromatic rings. The Morgan fingerprint density at radius 2 is 2.00 bits per heavy atom. The van der Waals surface area contributed by atoms with E-state index in [1.54, 1.807) is 6.07 Å². The number of rotatable bonds is 5. The average molecular weight is 227 g/mol. The summed E-state index contributed by atoms with van der Waals surface area (Å²) in [5, 5.41) is 3.88. The minimum Gasteiger partial charge on any atom is -0.368 e. The minimum absolute atomic E-state index is 0.443. The Balaban J connectivity index is 2.40. The molecule has 0 aromatic carbocycles. The highest BCUT2D eigenvalue weighted by Crippen LogP contribution is 2.13. The van der Waals surface area contributed by atoms with E-state index >= 15 is 0 Å². The second-order valence-electron chi connectivity index (χ2n) is 4.36. The summed E-state index contributed by atoms with van der Waals surface area (Å²) in [6.45, 7) is 6.65. The monoisotopic (exact) mass is 226 g/mol. The van der Waals surface area contributed by atoms with Crippen LogP contribution in [0.2, 0.25) is 5.15 Å². The molecule has 0 bridgehead atoms. The molecule has 3 heteroatoms. The van der Waals surface area contributed by atoms with Gasteiger partial charge in [0.1, 0.15) is 11.0 Å². The maximum Gasteiger partial charge on any atom is 0.131 e. The molecule has 1 rings (SSSR count). The number of pyridine rings is 1. The fourth-order valence-electron chi connectivity index (χ4n) is 1.40. The SMILES string of the molecule is CC(C)CCC(C)Nc1cccc(Cl)n1. The predicted molar refractivity (Wildman–Crippen MR) is 66.4 cm³/mol. The maximum absolute atomic E-state index is 5.80. The van der Waals surface area contributed by atoms with Gasteiger partial charge >= 0.3 is 0 Å². The second kappa shape index (κ2) is 5.96. The molecule has 0 aliphatic heterocycles. The van der Waals surface area contributed by atoms with Crippen LogP contribution >= 0.6 is 11.6 Å². The largest absolute Gasteiger partial charge is 0.368 e. The molecule has 0 spiro atoms. The lowest BCUT2D eigenvalue weighted by Crippen LogP contribution is -2.16. The lowest BCUT2D eigenvalue weighted by Gasteiger charge is -2.15. The van der Waals surface area contributed by atoms with Crippen molar-refractivity contribution < 1.29 is 0 Å². The molecule has 1 unspecified atom stereocenters. The Bertz CT molecular complexity index is 299. The standard InChI is InChI=1S/C12H19ClN2/c1-9(2)7-8-10(3)14-12-6-4-5-11(13)15-12/h4-6,9-10H,7-8H2,1-3H3,(H,14,15). The highest BCUT2D eigenvalue weighted by Gasteiger charge is 2.04. The van der Waals surface area contributed by atoms with E-state index in [1.165, 1.54) is 6.42 Å². The summed E-state index contributed by atoms with van der Waals surface area (Å²) in [5.74, 6) is 1.61. The van der Waals surface area contributed by atoms with E-state index in [0.717, 1.165) is 18.2 Å². The van der Waals surface area contributed by atoms with Crippen molar-refractivity contribution in [1.29, 1.82) is 0 Å². The second-order valence-corrected chi connectivity index (χ2v) is 4.75. The van der Waals surface area contributed by atoms with E-state index in [4.69, 9.17) is 11.6 Å². The van der Waals surface area contributed by atoms with Gasteiger partial charge in [0.2, 0.25) is 0 Å². The topological polar surface area (TPSA) is 24.9 Å². The van der Waals surface area contributed by atoms with E-state index in [-0.39, 0.29) is 0 Å². The van der Waals surface area contributed by atoms with E-state index < -0.39 is 0 Å². The van der Waals surface area contributed by atoms with Crippen LogP contribution in [0.4, 0.5) is 5.82 Å². The summed E-state index contributed by atoms with van der Waals surface area (Å²) in [5.41, 5.74) is 0. The molecular formula is C12H19ClN2. The lowest BCUT2D eigenvalue weighted by molar-refractivity contribution is 0.527. The van der Waals surface area contributed by atoms with Crippen molar-refractivity contribution in [3.05, 3.63) is 23.4 Å². The fourth-order valence-corrected chi connectivity index (χ4v) is 1.56. The quantitative estimate of drug-likeness (QED) is 0.769. The number of hydrogen-bond acceptors (Lipinski definition) is 2. The first-order chi connectivity index (χ1) is 7.08. The number of hydrogen-bond donors (Lipinski definition) is 1. The van der Waals surface area contributed by atoms with Crippen molar-refractivity contribution in [2.24, 2.45) is 5.92 Å². The molecule has 0 aliphatic rings. The van der Waals surface area contributed by atoms with Gasteiger partial charge in [-0.1, -0.05) is 31.5 Å². The normalized spacial score (nSPS) is 12.9. The molecule has 0 saturated carbocycles. The molecule has 1 heterocycles. The molecule has 84 valence electrons. The van der Waals surface area contributed by atoms with Crippen LogP contribution in [0.3, 0.4) is 0 Å². The van der Waals surface area contributed by atoms with Crippen LogP contribution < -0.4 is 5.32 Å². The third-order valence-electron chi connectivity index (χ3n) is 2.29. The highest BCUT2D eigenvalue weighted by atomic mass is 35.5. The molecular weight excluding hydrogens is 208 g/mol. The van der Waals surface area contributed by atoms with E-state index in [2.05, 4.69) is 31.1 Å². The van der Waals surface area contributed by atoms with Gasteiger partial charge in [0.05, 0.1) is 0 Å². The summed E-state index contributed by atoms with van der Waals surface area (Å²) in [6.07, 6.45) is 2.39. The Morgan fingerprint density at radius 1 is 1.27 bits per heavy atom. The molecule has 1 N–H and O–H groups in total. The van der Waals surface area contributed by atoms with Gasteiger partial charge in [0, 0.05) is 6.04 Å². The van der Waals surface area contributed by atoms with Crippen molar-refractivity contribution in [3.63, 3.8) is 0 Å². The molecule has 15 heavy (non-hydrogen) atoms. The first kappa shape index (κ1) is 12.3. The molecule has 1 atom stereocenters. The molecule has 0 saturated heterocycles. The summed E-state index contributed by atoms with van der Waals surface area (Å²) in [4.78, 5) is 4.19. The predicted octanol–water partition coefficient (Wildman–Crippen LogP) is 3.97. The van der Waals surface area contributed by atoms with Crippen molar-refractivity contribution in [1.82, 2.24) is 4.98 Å². The Hall–Kier alpha value is -0.760. The van der Waals surface area contributed by atoms with Gasteiger partial charge in [-0.05, 0) is 37.8 Å². The zero-order valence-corrected chi connectivity index (χ0v) is 10.4. The van der Waals surface area contributed by atoms with Crippen molar-refractivity contribution in [2.75, 3.05) is 5.32 Å². The molecule has 1 aromatic heterocycles. The maximum atomic E-state index is 5.80. The number of nitrogens with one attached hydrogen (secondary N) is 1.